The molecule has 108 valence electrons. The summed E-state index contributed by atoms with van der Waals surface area (Å²) in [6.07, 6.45) is 4.61. The first-order chi connectivity index (χ1) is 10.9. The number of rotatable bonds is 4. The number of hydrogen-bond donors (Lipinski definition) is 0. The summed E-state index contributed by atoms with van der Waals surface area (Å²) < 4.78 is 7.65. The van der Waals surface area contributed by atoms with Gasteiger partial charge < -0.3 is 8.98 Å². The van der Waals surface area contributed by atoms with Crippen LogP contribution in [0.4, 0.5) is 0 Å². The fourth-order valence-corrected chi connectivity index (χ4v) is 2.73. The van der Waals surface area contributed by atoms with Crippen molar-refractivity contribution in [3.63, 3.8) is 0 Å². The molecule has 0 fully saturated rings. The molecule has 0 radical (unpaired) electrons. The quantitative estimate of drug-likeness (QED) is 0.552. The summed E-state index contributed by atoms with van der Waals surface area (Å²) >= 11 is 0. The fraction of sp³-hybridized carbons (Fsp3) is 0.105. The second-order valence-corrected chi connectivity index (χ2v) is 5.35. The Morgan fingerprint density at radius 1 is 0.955 bits per heavy atom. The largest absolute Gasteiger partial charge is 0.464 e. The molecular weight excluding hydrogens is 272 g/mol. The van der Waals surface area contributed by atoms with Gasteiger partial charge >= 0.3 is 0 Å². The monoisotopic (exact) mass is 288 g/mol. The van der Waals surface area contributed by atoms with Gasteiger partial charge in [0, 0.05) is 12.1 Å². The second-order valence-electron chi connectivity index (χ2n) is 5.35. The molecule has 0 saturated heterocycles. The lowest BCUT2D eigenvalue weighted by atomic mass is 10.1. The lowest BCUT2D eigenvalue weighted by Gasteiger charge is -2.05. The van der Waals surface area contributed by atoms with Crippen LogP contribution in [-0.2, 0) is 13.0 Å². The lowest BCUT2D eigenvalue weighted by molar-refractivity contribution is 0.582. The molecule has 0 amide bonds. The van der Waals surface area contributed by atoms with Gasteiger partial charge in [-0.05, 0) is 42.3 Å². The maximum absolute atomic E-state index is 5.45. The summed E-state index contributed by atoms with van der Waals surface area (Å²) in [7, 11) is 0. The van der Waals surface area contributed by atoms with Gasteiger partial charge in [0.1, 0.15) is 5.76 Å². The third-order valence-corrected chi connectivity index (χ3v) is 3.91. The summed E-state index contributed by atoms with van der Waals surface area (Å²) in [4.78, 5) is 4.52. The normalized spacial score (nSPS) is 11.1. The summed E-state index contributed by atoms with van der Waals surface area (Å²) in [5, 5.41) is 0. The molecule has 4 aromatic rings. The minimum Gasteiger partial charge on any atom is -0.464 e. The van der Waals surface area contributed by atoms with Crippen LogP contribution in [0.1, 0.15) is 5.56 Å². The van der Waals surface area contributed by atoms with Gasteiger partial charge in [0.15, 0.2) is 0 Å². The van der Waals surface area contributed by atoms with Crippen LogP contribution in [0.25, 0.3) is 22.4 Å². The molecule has 2 aromatic carbocycles. The molecule has 3 heteroatoms. The number of furan rings is 1. The first-order valence-electron chi connectivity index (χ1n) is 7.43. The number of imidazole rings is 1. The zero-order chi connectivity index (χ0) is 14.8. The van der Waals surface area contributed by atoms with Crippen LogP contribution in [0.5, 0.6) is 0 Å². The molecule has 0 bridgehead atoms. The van der Waals surface area contributed by atoms with E-state index in [1.54, 1.807) is 6.26 Å². The van der Waals surface area contributed by atoms with E-state index in [-0.39, 0.29) is 0 Å². The Bertz CT molecular complexity index is 876. The van der Waals surface area contributed by atoms with Crippen LogP contribution in [0.15, 0.2) is 77.7 Å². The van der Waals surface area contributed by atoms with E-state index in [2.05, 4.69) is 52.0 Å². The van der Waals surface area contributed by atoms with E-state index in [1.165, 1.54) is 5.56 Å². The molecule has 22 heavy (non-hydrogen) atoms. The Hall–Kier alpha value is -2.81. The molecule has 0 atom stereocenters. The number of benzene rings is 2. The van der Waals surface area contributed by atoms with E-state index in [0.29, 0.717) is 0 Å². The number of aromatic nitrogens is 2. The number of aryl methyl sites for hydroxylation is 2. The highest BCUT2D eigenvalue weighted by atomic mass is 16.3. The smallest absolute Gasteiger partial charge is 0.133 e. The van der Waals surface area contributed by atoms with E-state index in [0.717, 1.165) is 35.3 Å². The first kappa shape index (κ1) is 12.9. The van der Waals surface area contributed by atoms with Crippen molar-refractivity contribution in [1.82, 2.24) is 9.55 Å². The lowest BCUT2D eigenvalue weighted by Crippen LogP contribution is -1.99. The molecule has 0 aliphatic rings. The van der Waals surface area contributed by atoms with Crippen LogP contribution in [0, 0.1) is 0 Å². The van der Waals surface area contributed by atoms with E-state index >= 15 is 0 Å². The van der Waals surface area contributed by atoms with Crippen molar-refractivity contribution in [2.45, 2.75) is 13.0 Å². The minimum absolute atomic E-state index is 0.876. The highest BCUT2D eigenvalue weighted by Crippen LogP contribution is 2.24. The third kappa shape index (κ3) is 2.42. The summed E-state index contributed by atoms with van der Waals surface area (Å²) in [6, 6.07) is 20.7. The Morgan fingerprint density at radius 2 is 1.86 bits per heavy atom. The van der Waals surface area contributed by atoms with Gasteiger partial charge in [-0.25, -0.2) is 4.98 Å². The molecule has 0 spiro atoms. The molecular formula is C19H16N2O. The molecule has 0 saturated carbocycles. The highest BCUT2D eigenvalue weighted by Gasteiger charge is 2.06. The number of fused-ring (bicyclic) bond motifs is 1. The van der Waals surface area contributed by atoms with Crippen LogP contribution in [-0.4, -0.2) is 9.55 Å². The predicted molar refractivity (Wildman–Crippen MR) is 87.6 cm³/mol. The van der Waals surface area contributed by atoms with Crippen molar-refractivity contribution >= 4 is 11.0 Å². The Morgan fingerprint density at radius 3 is 2.68 bits per heavy atom. The zero-order valence-electron chi connectivity index (χ0n) is 12.1. The molecule has 0 aliphatic heterocycles. The van der Waals surface area contributed by atoms with Crippen molar-refractivity contribution in [2.75, 3.05) is 0 Å². The van der Waals surface area contributed by atoms with Gasteiger partial charge in [-0.15, -0.1) is 0 Å². The fourth-order valence-electron chi connectivity index (χ4n) is 2.73. The van der Waals surface area contributed by atoms with Crippen LogP contribution >= 0.6 is 0 Å². The maximum Gasteiger partial charge on any atom is 0.133 e. The molecule has 3 nitrogen and oxygen atoms in total. The molecule has 0 N–H and O–H groups in total. The Balaban J connectivity index is 1.60. The number of nitrogens with zero attached hydrogens (tertiary/aromatic N) is 2. The summed E-state index contributed by atoms with van der Waals surface area (Å²) in [5.74, 6) is 0.876. The average Bonchev–Trinajstić information content (AvgIpc) is 3.23. The van der Waals surface area contributed by atoms with Gasteiger partial charge in [0.2, 0.25) is 0 Å². The van der Waals surface area contributed by atoms with Gasteiger partial charge in [0.05, 0.1) is 23.6 Å². The second kappa shape index (κ2) is 5.53. The average molecular weight is 288 g/mol. The highest BCUT2D eigenvalue weighted by molar-refractivity contribution is 5.81. The van der Waals surface area contributed by atoms with Crippen molar-refractivity contribution in [3.05, 3.63) is 78.8 Å². The van der Waals surface area contributed by atoms with E-state index in [4.69, 9.17) is 4.42 Å². The first-order valence-corrected chi connectivity index (χ1v) is 7.43. The zero-order valence-corrected chi connectivity index (χ0v) is 12.1. The van der Waals surface area contributed by atoms with Gasteiger partial charge in [-0.3, -0.25) is 0 Å². The van der Waals surface area contributed by atoms with Crippen LogP contribution in [0.2, 0.25) is 0 Å². The molecule has 0 aliphatic carbocycles. The molecule has 2 aromatic heterocycles. The molecule has 2 heterocycles. The summed E-state index contributed by atoms with van der Waals surface area (Å²) in [6.45, 7) is 0.931. The van der Waals surface area contributed by atoms with Gasteiger partial charge in [-0.2, -0.15) is 0 Å². The van der Waals surface area contributed by atoms with E-state index < -0.39 is 0 Å². The Kier molecular flexibility index (Phi) is 3.24. The van der Waals surface area contributed by atoms with Crippen molar-refractivity contribution in [3.8, 4) is 11.3 Å². The maximum atomic E-state index is 5.45. The van der Waals surface area contributed by atoms with E-state index in [9.17, 15) is 0 Å². The van der Waals surface area contributed by atoms with E-state index in [1.807, 2.05) is 24.5 Å². The van der Waals surface area contributed by atoms with Gasteiger partial charge in [0.25, 0.3) is 0 Å². The number of hydrogen-bond acceptors (Lipinski definition) is 2. The molecule has 0 unspecified atom stereocenters. The Labute approximate surface area is 128 Å². The SMILES string of the molecule is c1ccc(CCn2cnc3cc(-c4ccco4)ccc32)cc1. The molecule has 4 rings (SSSR count). The topological polar surface area (TPSA) is 31.0 Å². The third-order valence-electron chi connectivity index (χ3n) is 3.91. The van der Waals surface area contributed by atoms with Crippen LogP contribution in [0.3, 0.4) is 0 Å². The van der Waals surface area contributed by atoms with Crippen molar-refractivity contribution in [2.24, 2.45) is 0 Å². The minimum atomic E-state index is 0.876. The van der Waals surface area contributed by atoms with Crippen molar-refractivity contribution in [1.29, 1.82) is 0 Å². The van der Waals surface area contributed by atoms with Crippen LogP contribution < -0.4 is 0 Å². The van der Waals surface area contributed by atoms with Crippen molar-refractivity contribution < 1.29 is 4.42 Å². The predicted octanol–water partition coefficient (Wildman–Crippen LogP) is 4.54. The standard InChI is InChI=1S/C19H16N2O/c1-2-5-15(6-3-1)10-11-21-14-20-17-13-16(8-9-18(17)21)19-7-4-12-22-19/h1-9,12-14H,10-11H2. The van der Waals surface area contributed by atoms with Gasteiger partial charge in [-0.1, -0.05) is 30.3 Å². The summed E-state index contributed by atoms with van der Waals surface area (Å²) in [5.41, 5.74) is 4.57.